The number of carbonyl (C=O) groups is 2. The van der Waals surface area contributed by atoms with E-state index in [1.165, 1.54) is 0 Å². The van der Waals surface area contributed by atoms with Gasteiger partial charge in [0.2, 0.25) is 18.6 Å². The minimum absolute atomic E-state index is 0.0167. The van der Waals surface area contributed by atoms with Crippen molar-refractivity contribution < 1.29 is 19.1 Å². The number of benzene rings is 2. The zero-order valence-electron chi connectivity index (χ0n) is 13.7. The molecule has 2 aliphatic rings. The summed E-state index contributed by atoms with van der Waals surface area (Å²) < 4.78 is 10.6. The van der Waals surface area contributed by atoms with E-state index in [0.717, 1.165) is 23.2 Å². The standard InChI is InChI=1S/C19H18N2O4/c22-18(20-10-13-5-7-16-17(9-13)25-12-24-16)11-21-15-4-2-1-3-14(15)6-8-19(21)23/h1-5,7,9H,6,8,10-12H2,(H,20,22). The molecule has 0 spiro atoms. The van der Waals surface area contributed by atoms with Gasteiger partial charge in [0.05, 0.1) is 0 Å². The zero-order valence-corrected chi connectivity index (χ0v) is 13.7. The van der Waals surface area contributed by atoms with Crippen LogP contribution >= 0.6 is 0 Å². The first kappa shape index (κ1) is 15.5. The molecule has 4 rings (SSSR count). The minimum atomic E-state index is -0.192. The number of aryl methyl sites for hydroxylation is 1. The predicted molar refractivity (Wildman–Crippen MR) is 91.5 cm³/mol. The molecule has 2 amide bonds. The SMILES string of the molecule is O=C(CN1C(=O)CCc2ccccc21)NCc1ccc2c(c1)OCO2. The number of carbonyl (C=O) groups excluding carboxylic acids is 2. The Bertz CT molecular complexity index is 834. The highest BCUT2D eigenvalue weighted by molar-refractivity contribution is 6.00. The van der Waals surface area contributed by atoms with Crippen LogP contribution in [0.5, 0.6) is 11.5 Å². The van der Waals surface area contributed by atoms with Crippen molar-refractivity contribution >= 4 is 17.5 Å². The van der Waals surface area contributed by atoms with Gasteiger partial charge in [0.1, 0.15) is 6.54 Å². The Balaban J connectivity index is 1.40. The number of ether oxygens (including phenoxy) is 2. The van der Waals surface area contributed by atoms with Gasteiger partial charge in [-0.05, 0) is 35.7 Å². The number of para-hydroxylation sites is 1. The highest BCUT2D eigenvalue weighted by atomic mass is 16.7. The van der Waals surface area contributed by atoms with Gasteiger partial charge in [0, 0.05) is 18.7 Å². The monoisotopic (exact) mass is 338 g/mol. The highest BCUT2D eigenvalue weighted by Crippen LogP contribution is 2.32. The third-order valence-corrected chi connectivity index (χ3v) is 4.42. The summed E-state index contributed by atoms with van der Waals surface area (Å²) in [6.45, 7) is 0.626. The van der Waals surface area contributed by atoms with Gasteiger partial charge in [-0.2, -0.15) is 0 Å². The van der Waals surface area contributed by atoms with Crippen molar-refractivity contribution in [3.8, 4) is 11.5 Å². The molecule has 0 aliphatic carbocycles. The molecule has 2 heterocycles. The van der Waals surface area contributed by atoms with Crippen LogP contribution in [0, 0.1) is 0 Å². The van der Waals surface area contributed by atoms with Crippen LogP contribution in [0.25, 0.3) is 0 Å². The molecule has 2 aromatic carbocycles. The van der Waals surface area contributed by atoms with Gasteiger partial charge in [-0.15, -0.1) is 0 Å². The van der Waals surface area contributed by atoms with Crippen molar-refractivity contribution in [2.45, 2.75) is 19.4 Å². The number of amides is 2. The second-order valence-electron chi connectivity index (χ2n) is 6.07. The fraction of sp³-hybridized carbons (Fsp3) is 0.263. The van der Waals surface area contributed by atoms with E-state index in [1.807, 2.05) is 42.5 Å². The number of fused-ring (bicyclic) bond motifs is 2. The largest absolute Gasteiger partial charge is 0.454 e. The first-order valence-corrected chi connectivity index (χ1v) is 8.24. The van der Waals surface area contributed by atoms with Gasteiger partial charge in [-0.1, -0.05) is 24.3 Å². The van der Waals surface area contributed by atoms with Crippen LogP contribution in [0.15, 0.2) is 42.5 Å². The molecule has 2 aromatic rings. The van der Waals surface area contributed by atoms with Crippen LogP contribution in [0.3, 0.4) is 0 Å². The molecule has 128 valence electrons. The lowest BCUT2D eigenvalue weighted by Gasteiger charge is -2.28. The maximum absolute atomic E-state index is 12.3. The van der Waals surface area contributed by atoms with Gasteiger partial charge in [0.25, 0.3) is 0 Å². The van der Waals surface area contributed by atoms with Crippen molar-refractivity contribution in [1.82, 2.24) is 5.32 Å². The van der Waals surface area contributed by atoms with E-state index in [4.69, 9.17) is 9.47 Å². The third-order valence-electron chi connectivity index (χ3n) is 4.42. The second kappa shape index (κ2) is 6.47. The Morgan fingerprint density at radius 2 is 1.92 bits per heavy atom. The molecule has 2 aliphatic heterocycles. The maximum atomic E-state index is 12.3. The van der Waals surface area contributed by atoms with Crippen LogP contribution in [0.4, 0.5) is 5.69 Å². The van der Waals surface area contributed by atoms with Gasteiger partial charge in [0.15, 0.2) is 11.5 Å². The number of rotatable bonds is 4. The van der Waals surface area contributed by atoms with E-state index in [1.54, 1.807) is 4.90 Å². The first-order chi connectivity index (χ1) is 12.2. The van der Waals surface area contributed by atoms with Crippen molar-refractivity contribution in [3.05, 3.63) is 53.6 Å². The minimum Gasteiger partial charge on any atom is -0.454 e. The molecule has 6 nitrogen and oxygen atoms in total. The molecule has 0 unspecified atom stereocenters. The number of anilines is 1. The first-order valence-electron chi connectivity index (χ1n) is 8.24. The summed E-state index contributed by atoms with van der Waals surface area (Å²) in [5, 5.41) is 2.86. The fourth-order valence-electron chi connectivity index (χ4n) is 3.12. The zero-order chi connectivity index (χ0) is 17.2. The summed E-state index contributed by atoms with van der Waals surface area (Å²) in [5.74, 6) is 1.19. The summed E-state index contributed by atoms with van der Waals surface area (Å²) in [6, 6.07) is 13.3. The van der Waals surface area contributed by atoms with Crippen LogP contribution in [0.1, 0.15) is 17.5 Å². The lowest BCUT2D eigenvalue weighted by atomic mass is 10.0. The molecule has 25 heavy (non-hydrogen) atoms. The Hall–Kier alpha value is -3.02. The molecule has 6 heteroatoms. The van der Waals surface area contributed by atoms with Crippen LogP contribution in [-0.4, -0.2) is 25.2 Å². The lowest BCUT2D eigenvalue weighted by molar-refractivity contribution is -0.124. The molecule has 0 atom stereocenters. The average molecular weight is 338 g/mol. The number of nitrogens with one attached hydrogen (secondary N) is 1. The Morgan fingerprint density at radius 1 is 1.08 bits per heavy atom. The summed E-state index contributed by atoms with van der Waals surface area (Å²) >= 11 is 0. The van der Waals surface area contributed by atoms with E-state index in [9.17, 15) is 9.59 Å². The van der Waals surface area contributed by atoms with Crippen LogP contribution in [-0.2, 0) is 22.6 Å². The Kier molecular flexibility index (Phi) is 4.01. The van der Waals surface area contributed by atoms with E-state index < -0.39 is 0 Å². The number of nitrogens with zero attached hydrogens (tertiary/aromatic N) is 1. The van der Waals surface area contributed by atoms with Crippen molar-refractivity contribution in [2.24, 2.45) is 0 Å². The average Bonchev–Trinajstić information content (AvgIpc) is 3.10. The number of hydrogen-bond acceptors (Lipinski definition) is 4. The quantitative estimate of drug-likeness (QED) is 0.926. The second-order valence-corrected chi connectivity index (χ2v) is 6.07. The van der Waals surface area contributed by atoms with Crippen molar-refractivity contribution in [3.63, 3.8) is 0 Å². The molecule has 0 saturated heterocycles. The summed E-state index contributed by atoms with van der Waals surface area (Å²) in [6.07, 6.45) is 1.16. The molecular weight excluding hydrogens is 320 g/mol. The summed E-state index contributed by atoms with van der Waals surface area (Å²) in [4.78, 5) is 26.1. The van der Waals surface area contributed by atoms with E-state index in [2.05, 4.69) is 5.32 Å². The lowest BCUT2D eigenvalue weighted by Crippen LogP contribution is -2.42. The molecular formula is C19H18N2O4. The third kappa shape index (κ3) is 3.15. The van der Waals surface area contributed by atoms with Gasteiger partial charge in [-0.3, -0.25) is 9.59 Å². The van der Waals surface area contributed by atoms with Crippen LogP contribution in [0.2, 0.25) is 0 Å². The fourth-order valence-corrected chi connectivity index (χ4v) is 3.12. The molecule has 1 N–H and O–H groups in total. The normalized spacial score (nSPS) is 15.0. The van der Waals surface area contributed by atoms with E-state index in [0.29, 0.717) is 24.5 Å². The van der Waals surface area contributed by atoms with Crippen molar-refractivity contribution in [2.75, 3.05) is 18.2 Å². The molecule has 0 saturated carbocycles. The smallest absolute Gasteiger partial charge is 0.240 e. The van der Waals surface area contributed by atoms with Gasteiger partial charge in [-0.25, -0.2) is 0 Å². The van der Waals surface area contributed by atoms with E-state index >= 15 is 0 Å². The van der Waals surface area contributed by atoms with Crippen molar-refractivity contribution in [1.29, 1.82) is 0 Å². The van der Waals surface area contributed by atoms with E-state index in [-0.39, 0.29) is 25.2 Å². The molecule has 0 radical (unpaired) electrons. The highest BCUT2D eigenvalue weighted by Gasteiger charge is 2.25. The van der Waals surface area contributed by atoms with Gasteiger partial charge >= 0.3 is 0 Å². The molecule has 0 bridgehead atoms. The summed E-state index contributed by atoms with van der Waals surface area (Å²) in [5.41, 5.74) is 2.85. The molecule has 0 aromatic heterocycles. The van der Waals surface area contributed by atoms with Gasteiger partial charge < -0.3 is 19.7 Å². The topological polar surface area (TPSA) is 67.9 Å². The molecule has 0 fully saturated rings. The Morgan fingerprint density at radius 3 is 2.84 bits per heavy atom. The Labute approximate surface area is 145 Å². The summed E-state index contributed by atoms with van der Waals surface area (Å²) in [7, 11) is 0. The maximum Gasteiger partial charge on any atom is 0.240 e. The van der Waals surface area contributed by atoms with Crippen LogP contribution < -0.4 is 19.7 Å². The number of hydrogen-bond donors (Lipinski definition) is 1. The predicted octanol–water partition coefficient (Wildman–Crippen LogP) is 2.01.